The molecular weight excluding hydrogens is 428 g/mol. The lowest BCUT2D eigenvalue weighted by molar-refractivity contribution is -0.117. The van der Waals surface area contributed by atoms with Gasteiger partial charge in [0, 0.05) is 16.0 Å². The third-order valence-corrected chi connectivity index (χ3v) is 8.64. The van der Waals surface area contributed by atoms with E-state index in [4.69, 9.17) is 11.6 Å². The highest BCUT2D eigenvalue weighted by atomic mass is 35.5. The first-order valence-electron chi connectivity index (χ1n) is 9.31. The fourth-order valence-corrected chi connectivity index (χ4v) is 7.80. The Kier molecular flexibility index (Phi) is 5.48. The van der Waals surface area contributed by atoms with Crippen LogP contribution in [0.2, 0.25) is 5.02 Å². The smallest absolute Gasteiger partial charge is 0.252 e. The number of thioether (sulfide) groups is 1. The summed E-state index contributed by atoms with van der Waals surface area (Å²) in [6.07, 6.45) is 0.176. The molecule has 2 aliphatic rings. The zero-order valence-corrected chi connectivity index (χ0v) is 18.5. The predicted molar refractivity (Wildman–Crippen MR) is 120 cm³/mol. The quantitative estimate of drug-likeness (QED) is 0.714. The van der Waals surface area contributed by atoms with Gasteiger partial charge in [0.05, 0.1) is 24.0 Å². The maximum absolute atomic E-state index is 12.7. The molecule has 2 heterocycles. The number of halogens is 1. The Morgan fingerprint density at radius 1 is 1.17 bits per heavy atom. The summed E-state index contributed by atoms with van der Waals surface area (Å²) in [6.45, 7) is 3.99. The second-order valence-electron chi connectivity index (χ2n) is 7.55. The molecule has 2 unspecified atom stereocenters. The van der Waals surface area contributed by atoms with Gasteiger partial charge in [-0.15, -0.1) is 0 Å². The summed E-state index contributed by atoms with van der Waals surface area (Å²) in [5, 5.41) is 1.10. The molecule has 2 aliphatic heterocycles. The van der Waals surface area contributed by atoms with Gasteiger partial charge in [0.25, 0.3) is 5.91 Å². The van der Waals surface area contributed by atoms with Crippen LogP contribution < -0.4 is 4.90 Å². The number of hydrogen-bond donors (Lipinski definition) is 0. The molecular formula is C21H21ClN2O3S2. The normalized spacial score (nSPS) is 24.1. The van der Waals surface area contributed by atoms with Gasteiger partial charge in [-0.2, -0.15) is 4.99 Å². The lowest BCUT2D eigenvalue weighted by Gasteiger charge is -2.26. The van der Waals surface area contributed by atoms with E-state index < -0.39 is 9.84 Å². The van der Waals surface area contributed by atoms with Gasteiger partial charge in [0.2, 0.25) is 0 Å². The molecule has 2 aromatic rings. The Morgan fingerprint density at radius 3 is 2.62 bits per heavy atom. The van der Waals surface area contributed by atoms with Gasteiger partial charge in [0.1, 0.15) is 0 Å². The van der Waals surface area contributed by atoms with Crippen molar-refractivity contribution in [3.05, 3.63) is 64.2 Å². The summed E-state index contributed by atoms with van der Waals surface area (Å²) in [6, 6.07) is 13.0. The van der Waals surface area contributed by atoms with Crippen molar-refractivity contribution in [2.75, 3.05) is 16.4 Å². The van der Waals surface area contributed by atoms with E-state index >= 15 is 0 Å². The van der Waals surface area contributed by atoms with Crippen molar-refractivity contribution in [1.82, 2.24) is 0 Å². The van der Waals surface area contributed by atoms with Gasteiger partial charge in [0.15, 0.2) is 15.0 Å². The summed E-state index contributed by atoms with van der Waals surface area (Å²) < 4.78 is 24.4. The van der Waals surface area contributed by atoms with Crippen molar-refractivity contribution < 1.29 is 13.2 Å². The standard InChI is InChI=1S/C21H21ClN2O3S2/c1-13-3-4-14(2)17(9-13)24-18-11-29(26,27)12-19(18)28-21(24)23-20(25)10-15-5-7-16(22)8-6-15/h3-9,18-19H,10-12H2,1-2H3. The molecule has 2 atom stereocenters. The van der Waals surface area contributed by atoms with Gasteiger partial charge in [-0.3, -0.25) is 4.79 Å². The minimum atomic E-state index is -3.09. The molecule has 8 heteroatoms. The monoisotopic (exact) mass is 448 g/mol. The van der Waals surface area contributed by atoms with Crippen LogP contribution in [0.1, 0.15) is 16.7 Å². The Labute approximate surface area is 180 Å². The zero-order chi connectivity index (χ0) is 20.8. The number of amidine groups is 1. The third-order valence-electron chi connectivity index (χ3n) is 5.18. The molecule has 29 heavy (non-hydrogen) atoms. The molecule has 4 rings (SSSR count). The lowest BCUT2D eigenvalue weighted by Crippen LogP contribution is -2.38. The summed E-state index contributed by atoms with van der Waals surface area (Å²) >= 11 is 7.30. The van der Waals surface area contributed by atoms with Crippen LogP contribution in [0.3, 0.4) is 0 Å². The van der Waals surface area contributed by atoms with Gasteiger partial charge in [-0.25, -0.2) is 8.42 Å². The first-order chi connectivity index (χ1) is 13.7. The van der Waals surface area contributed by atoms with Gasteiger partial charge < -0.3 is 4.90 Å². The molecule has 1 amide bonds. The molecule has 2 saturated heterocycles. The van der Waals surface area contributed by atoms with E-state index in [1.807, 2.05) is 49.1 Å². The molecule has 0 bridgehead atoms. The second kappa shape index (κ2) is 7.78. The van der Waals surface area contributed by atoms with Gasteiger partial charge >= 0.3 is 0 Å². The van der Waals surface area contributed by atoms with Crippen LogP contribution in [0.5, 0.6) is 0 Å². The van der Waals surface area contributed by atoms with Gasteiger partial charge in [-0.05, 0) is 48.7 Å². The topological polar surface area (TPSA) is 66.8 Å². The van der Waals surface area contributed by atoms with Crippen LogP contribution in [0.25, 0.3) is 0 Å². The lowest BCUT2D eigenvalue weighted by atomic mass is 10.1. The average molecular weight is 449 g/mol. The molecule has 0 spiro atoms. The van der Waals surface area contributed by atoms with Crippen LogP contribution in [0.15, 0.2) is 47.5 Å². The number of amides is 1. The Bertz CT molecular complexity index is 1100. The molecule has 152 valence electrons. The van der Waals surface area contributed by atoms with Crippen molar-refractivity contribution in [2.45, 2.75) is 31.6 Å². The van der Waals surface area contributed by atoms with E-state index in [0.717, 1.165) is 22.4 Å². The van der Waals surface area contributed by atoms with E-state index in [9.17, 15) is 13.2 Å². The molecule has 0 saturated carbocycles. The highest BCUT2D eigenvalue weighted by Gasteiger charge is 2.49. The number of nitrogens with zero attached hydrogens (tertiary/aromatic N) is 2. The van der Waals surface area contributed by atoms with Gasteiger partial charge in [-0.1, -0.05) is 47.6 Å². The number of sulfone groups is 1. The van der Waals surface area contributed by atoms with Crippen LogP contribution in [0, 0.1) is 13.8 Å². The Morgan fingerprint density at radius 2 is 1.90 bits per heavy atom. The maximum Gasteiger partial charge on any atom is 0.252 e. The van der Waals surface area contributed by atoms with E-state index in [0.29, 0.717) is 10.2 Å². The number of aliphatic imine (C=N–C) groups is 1. The summed E-state index contributed by atoms with van der Waals surface area (Å²) in [4.78, 5) is 19.0. The molecule has 0 aromatic heterocycles. The number of anilines is 1. The number of aryl methyl sites for hydroxylation is 2. The molecule has 0 N–H and O–H groups in total. The predicted octanol–water partition coefficient (Wildman–Crippen LogP) is 3.80. The van der Waals surface area contributed by atoms with Crippen molar-refractivity contribution in [1.29, 1.82) is 0 Å². The average Bonchev–Trinajstić information content (AvgIpc) is 3.10. The number of hydrogen-bond acceptors (Lipinski definition) is 4. The number of rotatable bonds is 3. The maximum atomic E-state index is 12.7. The SMILES string of the molecule is Cc1ccc(C)c(N2C(=NC(=O)Cc3ccc(Cl)cc3)SC3CS(=O)(=O)CC32)c1. The Hall–Kier alpha value is -1.83. The molecule has 2 fully saturated rings. The molecule has 2 aromatic carbocycles. The Balaban J connectivity index is 1.67. The van der Waals surface area contributed by atoms with Crippen LogP contribution in [0.4, 0.5) is 5.69 Å². The van der Waals surface area contributed by atoms with Crippen molar-refractivity contribution in [3.8, 4) is 0 Å². The zero-order valence-electron chi connectivity index (χ0n) is 16.1. The highest BCUT2D eigenvalue weighted by molar-refractivity contribution is 8.16. The van der Waals surface area contributed by atoms with Crippen LogP contribution in [-0.2, 0) is 21.1 Å². The van der Waals surface area contributed by atoms with E-state index in [-0.39, 0.29) is 35.1 Å². The van der Waals surface area contributed by atoms with Crippen molar-refractivity contribution in [3.63, 3.8) is 0 Å². The summed E-state index contributed by atoms with van der Waals surface area (Å²) in [7, 11) is -3.09. The number of fused-ring (bicyclic) bond motifs is 1. The minimum absolute atomic E-state index is 0.0858. The van der Waals surface area contributed by atoms with Crippen LogP contribution in [-0.4, -0.2) is 42.3 Å². The minimum Gasteiger partial charge on any atom is -0.315 e. The largest absolute Gasteiger partial charge is 0.315 e. The van der Waals surface area contributed by atoms with E-state index in [1.54, 1.807) is 12.1 Å². The summed E-state index contributed by atoms with van der Waals surface area (Å²) in [5.41, 5.74) is 3.86. The third kappa shape index (κ3) is 4.37. The molecule has 0 aliphatic carbocycles. The second-order valence-corrected chi connectivity index (χ2v) is 11.3. The first kappa shape index (κ1) is 20.4. The molecule has 0 radical (unpaired) electrons. The van der Waals surface area contributed by atoms with E-state index in [1.165, 1.54) is 11.8 Å². The molecule has 5 nitrogen and oxygen atoms in total. The fraction of sp³-hybridized carbons (Fsp3) is 0.333. The number of benzene rings is 2. The number of carbonyl (C=O) groups excluding carboxylic acids is 1. The van der Waals surface area contributed by atoms with Crippen molar-refractivity contribution in [2.24, 2.45) is 4.99 Å². The summed E-state index contributed by atoms with van der Waals surface area (Å²) in [5.74, 6) is -0.0516. The van der Waals surface area contributed by atoms with Crippen molar-refractivity contribution >= 4 is 50.0 Å². The van der Waals surface area contributed by atoms with E-state index in [2.05, 4.69) is 4.99 Å². The number of carbonyl (C=O) groups is 1. The highest BCUT2D eigenvalue weighted by Crippen LogP contribution is 2.42. The fourth-order valence-electron chi connectivity index (χ4n) is 3.75. The van der Waals surface area contributed by atoms with Crippen LogP contribution >= 0.6 is 23.4 Å². The first-order valence-corrected chi connectivity index (χ1v) is 12.4.